The first kappa shape index (κ1) is 60.5. The number of esters is 2. The van der Waals surface area contributed by atoms with E-state index in [1.807, 2.05) is 21.1 Å². The van der Waals surface area contributed by atoms with Gasteiger partial charge in [0.25, 0.3) is 6.29 Å². The molecular weight excluding hydrogens is 803 g/mol. The summed E-state index contributed by atoms with van der Waals surface area (Å²) in [6.07, 6.45) is 56.9. The van der Waals surface area contributed by atoms with Gasteiger partial charge in [0.2, 0.25) is 0 Å². The Morgan fingerprint density at radius 2 is 0.891 bits per heavy atom. The normalized spacial score (nSPS) is 13.6. The van der Waals surface area contributed by atoms with E-state index in [9.17, 15) is 19.5 Å². The molecule has 64 heavy (non-hydrogen) atoms. The van der Waals surface area contributed by atoms with Crippen LogP contribution in [-0.2, 0) is 33.3 Å². The molecular formula is C55H94NO8+. The molecule has 0 saturated heterocycles. The van der Waals surface area contributed by atoms with Gasteiger partial charge in [-0.05, 0) is 70.6 Å². The van der Waals surface area contributed by atoms with Gasteiger partial charge in [0.05, 0.1) is 34.4 Å². The number of hydrogen-bond acceptors (Lipinski definition) is 7. The zero-order chi connectivity index (χ0) is 47.0. The monoisotopic (exact) mass is 897 g/mol. The summed E-state index contributed by atoms with van der Waals surface area (Å²) >= 11 is 0. The van der Waals surface area contributed by atoms with Crippen molar-refractivity contribution in [2.24, 2.45) is 0 Å². The quantitative estimate of drug-likeness (QED) is 0.0212. The third-order valence-electron chi connectivity index (χ3n) is 10.4. The van der Waals surface area contributed by atoms with Gasteiger partial charge in [-0.15, -0.1) is 0 Å². The highest BCUT2D eigenvalue weighted by atomic mass is 16.7. The molecule has 0 aliphatic carbocycles. The largest absolute Gasteiger partial charge is 0.477 e. The molecule has 2 unspecified atom stereocenters. The Bertz CT molecular complexity index is 1320. The third kappa shape index (κ3) is 46.5. The molecule has 0 aliphatic rings. The Morgan fingerprint density at radius 3 is 1.33 bits per heavy atom. The fourth-order valence-corrected chi connectivity index (χ4v) is 6.52. The average molecular weight is 897 g/mol. The lowest BCUT2D eigenvalue weighted by molar-refractivity contribution is -0.870. The van der Waals surface area contributed by atoms with Crippen molar-refractivity contribution in [3.05, 3.63) is 85.1 Å². The number of allylic oxidation sites excluding steroid dienone is 14. The van der Waals surface area contributed by atoms with Crippen molar-refractivity contribution in [1.82, 2.24) is 0 Å². The molecule has 0 saturated carbocycles. The molecule has 1 N–H and O–H groups in total. The lowest BCUT2D eigenvalue weighted by Crippen LogP contribution is -2.40. The minimum absolute atomic E-state index is 0.184. The van der Waals surface area contributed by atoms with Crippen LogP contribution in [0.5, 0.6) is 0 Å². The number of carbonyl (C=O) groups excluding carboxylic acids is 2. The average Bonchev–Trinajstić information content (AvgIpc) is 3.26. The smallest absolute Gasteiger partial charge is 0.361 e. The van der Waals surface area contributed by atoms with Crippen LogP contribution in [0.15, 0.2) is 85.1 Å². The molecule has 9 nitrogen and oxygen atoms in total. The summed E-state index contributed by atoms with van der Waals surface area (Å²) in [6, 6.07) is 0. The van der Waals surface area contributed by atoms with Gasteiger partial charge in [-0.1, -0.05) is 189 Å². The second-order valence-corrected chi connectivity index (χ2v) is 17.8. The van der Waals surface area contributed by atoms with E-state index in [1.54, 1.807) is 0 Å². The molecule has 0 heterocycles. The van der Waals surface area contributed by atoms with Crippen LogP contribution >= 0.6 is 0 Å². The number of unbranched alkanes of at least 4 members (excludes halogenated alkanes) is 16. The van der Waals surface area contributed by atoms with Crippen molar-refractivity contribution in [2.75, 3.05) is 47.5 Å². The third-order valence-corrected chi connectivity index (χ3v) is 10.4. The zero-order valence-corrected chi connectivity index (χ0v) is 41.4. The van der Waals surface area contributed by atoms with Gasteiger partial charge < -0.3 is 28.5 Å². The number of quaternary nitrogens is 1. The molecule has 0 aliphatic heterocycles. The van der Waals surface area contributed by atoms with Crippen molar-refractivity contribution in [1.29, 1.82) is 0 Å². The minimum Gasteiger partial charge on any atom is -0.477 e. The van der Waals surface area contributed by atoms with Gasteiger partial charge in [-0.25, -0.2) is 4.79 Å². The van der Waals surface area contributed by atoms with Crippen LogP contribution in [0.1, 0.15) is 187 Å². The molecule has 0 rings (SSSR count). The zero-order valence-electron chi connectivity index (χ0n) is 41.4. The fourth-order valence-electron chi connectivity index (χ4n) is 6.52. The number of ether oxygens (including phenoxy) is 4. The van der Waals surface area contributed by atoms with Gasteiger partial charge in [-0.3, -0.25) is 9.59 Å². The predicted molar refractivity (Wildman–Crippen MR) is 267 cm³/mol. The predicted octanol–water partition coefficient (Wildman–Crippen LogP) is 14.1. The molecule has 2 atom stereocenters. The summed E-state index contributed by atoms with van der Waals surface area (Å²) in [7, 11) is 5.94. The summed E-state index contributed by atoms with van der Waals surface area (Å²) in [4.78, 5) is 36.9. The van der Waals surface area contributed by atoms with Crippen molar-refractivity contribution >= 4 is 17.9 Å². The van der Waals surface area contributed by atoms with E-state index in [1.165, 1.54) is 57.8 Å². The first-order valence-corrected chi connectivity index (χ1v) is 25.3. The Kier molecular flexibility index (Phi) is 43.5. The van der Waals surface area contributed by atoms with Crippen LogP contribution in [-0.4, -0.2) is 87.4 Å². The molecule has 0 fully saturated rings. The summed E-state index contributed by atoms with van der Waals surface area (Å²) in [5.41, 5.74) is 0. The summed E-state index contributed by atoms with van der Waals surface area (Å²) in [6.45, 7) is 4.67. The van der Waals surface area contributed by atoms with E-state index < -0.39 is 24.3 Å². The number of likely N-dealkylation sites (N-methyl/N-ethyl adjacent to an activating group) is 1. The highest BCUT2D eigenvalue weighted by Gasteiger charge is 2.25. The molecule has 0 aromatic carbocycles. The molecule has 0 radical (unpaired) electrons. The van der Waals surface area contributed by atoms with Crippen molar-refractivity contribution in [3.8, 4) is 0 Å². The number of nitrogens with zero attached hydrogens (tertiary/aromatic N) is 1. The highest BCUT2D eigenvalue weighted by molar-refractivity contribution is 5.71. The lowest BCUT2D eigenvalue weighted by Gasteiger charge is -2.25. The van der Waals surface area contributed by atoms with E-state index >= 15 is 0 Å². The van der Waals surface area contributed by atoms with Crippen LogP contribution in [0.3, 0.4) is 0 Å². The van der Waals surface area contributed by atoms with E-state index in [0.29, 0.717) is 23.9 Å². The van der Waals surface area contributed by atoms with E-state index in [0.717, 1.165) is 96.3 Å². The maximum absolute atomic E-state index is 12.7. The van der Waals surface area contributed by atoms with E-state index in [2.05, 4.69) is 98.9 Å². The van der Waals surface area contributed by atoms with Gasteiger partial charge in [0, 0.05) is 12.8 Å². The fraction of sp³-hybridized carbons (Fsp3) is 0.691. The minimum atomic E-state index is -1.51. The number of hydrogen-bond donors (Lipinski definition) is 1. The SMILES string of the molecule is CC/C=C\C/C=C\C/C=C\C/C=C\C/C=C\C/C=C\C/C=C\CCCCCCCCCCCCCC(=O)OC(COC(=O)CCCCCCCC)COC(OCC[N+](C)(C)C)C(=O)O. The van der Waals surface area contributed by atoms with Crippen molar-refractivity contribution in [2.45, 2.75) is 200 Å². The van der Waals surface area contributed by atoms with E-state index in [-0.39, 0.29) is 32.2 Å². The first-order valence-electron chi connectivity index (χ1n) is 25.3. The Labute approximate surface area is 391 Å². The number of carboxylic acids is 1. The molecule has 0 aromatic heterocycles. The van der Waals surface area contributed by atoms with Gasteiger partial charge in [-0.2, -0.15) is 0 Å². The van der Waals surface area contributed by atoms with Gasteiger partial charge >= 0.3 is 17.9 Å². The molecule has 366 valence electrons. The lowest BCUT2D eigenvalue weighted by atomic mass is 10.0. The molecule has 0 spiro atoms. The number of carbonyl (C=O) groups is 3. The Morgan fingerprint density at radius 1 is 0.484 bits per heavy atom. The first-order chi connectivity index (χ1) is 31.1. The second-order valence-electron chi connectivity index (χ2n) is 17.8. The van der Waals surface area contributed by atoms with Crippen molar-refractivity contribution < 1.29 is 42.9 Å². The summed E-state index contributed by atoms with van der Waals surface area (Å²) in [5.74, 6) is -2.03. The highest BCUT2D eigenvalue weighted by Crippen LogP contribution is 2.14. The molecule has 9 heteroatoms. The number of aliphatic carboxylic acids is 1. The van der Waals surface area contributed by atoms with Crippen LogP contribution < -0.4 is 0 Å². The maximum atomic E-state index is 12.7. The molecule has 0 bridgehead atoms. The standard InChI is InChI=1S/C55H93NO8/c1-6-8-10-12-14-15-16-17-18-19-20-21-22-23-24-25-26-27-28-29-30-31-32-33-34-35-36-37-38-39-40-42-44-46-53(58)64-51(49-62-52(57)45-43-41-13-11-9-7-2)50-63-55(54(59)60)61-48-47-56(3,4)5/h8,10,14-15,17-18,20-21,23-24,26-27,29-30,51,55H,6-7,9,11-13,16,19,22,25,28,31-50H2,1-5H3/p+1/b10-8-,15-14-,18-17-,21-20-,24-23-,27-26-,30-29-. The van der Waals surface area contributed by atoms with E-state index in [4.69, 9.17) is 18.9 Å². The Balaban J connectivity index is 4.08. The Hall–Kier alpha value is -3.53. The summed E-state index contributed by atoms with van der Waals surface area (Å²) < 4.78 is 22.6. The number of carboxylic acid groups (broad SMARTS) is 1. The molecule has 0 aromatic rings. The van der Waals surface area contributed by atoms with Gasteiger partial charge in [0.1, 0.15) is 13.2 Å². The summed E-state index contributed by atoms with van der Waals surface area (Å²) in [5, 5.41) is 9.61. The topological polar surface area (TPSA) is 108 Å². The van der Waals surface area contributed by atoms with Crippen LogP contribution in [0.4, 0.5) is 0 Å². The van der Waals surface area contributed by atoms with Gasteiger partial charge in [0.15, 0.2) is 6.10 Å². The second kappa shape index (κ2) is 46.0. The van der Waals surface area contributed by atoms with Crippen LogP contribution in [0.2, 0.25) is 0 Å². The van der Waals surface area contributed by atoms with Crippen molar-refractivity contribution in [3.63, 3.8) is 0 Å². The number of rotatable bonds is 45. The maximum Gasteiger partial charge on any atom is 0.361 e. The van der Waals surface area contributed by atoms with Crippen LogP contribution in [0.25, 0.3) is 0 Å². The van der Waals surface area contributed by atoms with Crippen LogP contribution in [0, 0.1) is 0 Å². The molecule has 0 amide bonds.